The zero-order valence-electron chi connectivity index (χ0n) is 11.2. The SMILES string of the molecule is COC(=O)[C@]1([C@H](C)O)CCN(Cc2ccccc2)O1. The van der Waals surface area contributed by atoms with E-state index in [4.69, 9.17) is 9.57 Å². The molecule has 1 aromatic carbocycles. The van der Waals surface area contributed by atoms with Crippen LogP contribution >= 0.6 is 0 Å². The van der Waals surface area contributed by atoms with Crippen LogP contribution in [0.25, 0.3) is 0 Å². The fourth-order valence-corrected chi connectivity index (χ4v) is 2.28. The smallest absolute Gasteiger partial charge is 0.343 e. The number of carbonyl (C=O) groups is 1. The molecule has 1 N–H and O–H groups in total. The van der Waals surface area contributed by atoms with Gasteiger partial charge in [-0.05, 0) is 12.5 Å². The summed E-state index contributed by atoms with van der Waals surface area (Å²) in [6.45, 7) is 2.70. The van der Waals surface area contributed by atoms with E-state index in [0.29, 0.717) is 19.5 Å². The number of ether oxygens (including phenoxy) is 1. The summed E-state index contributed by atoms with van der Waals surface area (Å²) in [6, 6.07) is 9.83. The number of hydrogen-bond donors (Lipinski definition) is 1. The van der Waals surface area contributed by atoms with Crippen LogP contribution in [0.3, 0.4) is 0 Å². The van der Waals surface area contributed by atoms with E-state index >= 15 is 0 Å². The normalized spacial score (nSPS) is 25.2. The average Bonchev–Trinajstić information content (AvgIpc) is 2.84. The second kappa shape index (κ2) is 5.69. The molecule has 1 aromatic rings. The van der Waals surface area contributed by atoms with E-state index in [2.05, 4.69) is 0 Å². The van der Waals surface area contributed by atoms with E-state index in [9.17, 15) is 9.90 Å². The fraction of sp³-hybridized carbons (Fsp3) is 0.500. The lowest BCUT2D eigenvalue weighted by atomic mass is 9.95. The van der Waals surface area contributed by atoms with Crippen LogP contribution in [0.1, 0.15) is 18.9 Å². The molecule has 0 saturated carbocycles. The molecule has 0 amide bonds. The van der Waals surface area contributed by atoms with Gasteiger partial charge in [-0.2, -0.15) is 5.06 Å². The van der Waals surface area contributed by atoms with E-state index in [1.54, 1.807) is 12.0 Å². The molecule has 0 bridgehead atoms. The maximum absolute atomic E-state index is 11.8. The first-order valence-electron chi connectivity index (χ1n) is 6.33. The van der Waals surface area contributed by atoms with Crippen molar-refractivity contribution in [1.29, 1.82) is 0 Å². The number of hydrogen-bond acceptors (Lipinski definition) is 5. The monoisotopic (exact) mass is 265 g/mol. The quantitative estimate of drug-likeness (QED) is 0.827. The summed E-state index contributed by atoms with van der Waals surface area (Å²) in [5.41, 5.74) is -0.183. The van der Waals surface area contributed by atoms with Gasteiger partial charge < -0.3 is 9.84 Å². The van der Waals surface area contributed by atoms with Gasteiger partial charge in [0, 0.05) is 19.5 Å². The Balaban J connectivity index is 2.07. The fourth-order valence-electron chi connectivity index (χ4n) is 2.28. The second-order valence-corrected chi connectivity index (χ2v) is 4.75. The number of hydroxylamine groups is 2. The first-order valence-corrected chi connectivity index (χ1v) is 6.33. The molecule has 1 saturated heterocycles. The highest BCUT2D eigenvalue weighted by molar-refractivity contribution is 5.80. The molecule has 1 fully saturated rings. The molecule has 2 atom stereocenters. The minimum absolute atomic E-state index is 0.421. The van der Waals surface area contributed by atoms with Crippen LogP contribution in [-0.4, -0.2) is 41.5 Å². The highest BCUT2D eigenvalue weighted by Crippen LogP contribution is 2.31. The minimum atomic E-state index is -1.27. The van der Waals surface area contributed by atoms with Crippen molar-refractivity contribution in [1.82, 2.24) is 5.06 Å². The van der Waals surface area contributed by atoms with Gasteiger partial charge in [-0.25, -0.2) is 4.79 Å². The number of benzene rings is 1. The molecular weight excluding hydrogens is 246 g/mol. The van der Waals surface area contributed by atoms with E-state index in [1.807, 2.05) is 30.3 Å². The van der Waals surface area contributed by atoms with Gasteiger partial charge in [0.15, 0.2) is 0 Å². The van der Waals surface area contributed by atoms with Gasteiger partial charge >= 0.3 is 5.97 Å². The average molecular weight is 265 g/mol. The summed E-state index contributed by atoms with van der Waals surface area (Å²) >= 11 is 0. The number of aliphatic hydroxyl groups is 1. The van der Waals surface area contributed by atoms with Crippen LogP contribution in [0, 0.1) is 0 Å². The maximum Gasteiger partial charge on any atom is 0.343 e. The number of methoxy groups -OCH3 is 1. The molecule has 1 aliphatic rings. The topological polar surface area (TPSA) is 59.0 Å². The van der Waals surface area contributed by atoms with Gasteiger partial charge in [-0.1, -0.05) is 30.3 Å². The highest BCUT2D eigenvalue weighted by atomic mass is 16.7. The standard InChI is InChI=1S/C14H19NO4/c1-11(16)14(13(17)18-2)8-9-15(19-14)10-12-6-4-3-5-7-12/h3-7,11,16H,8-10H2,1-2H3/t11-,14+/m0/s1. The van der Waals surface area contributed by atoms with Gasteiger partial charge in [0.2, 0.25) is 5.60 Å². The van der Waals surface area contributed by atoms with Crippen LogP contribution < -0.4 is 0 Å². The Morgan fingerprint density at radius 2 is 2.21 bits per heavy atom. The van der Waals surface area contributed by atoms with Crippen molar-refractivity contribution in [2.24, 2.45) is 0 Å². The van der Waals surface area contributed by atoms with Gasteiger partial charge in [0.1, 0.15) is 0 Å². The lowest BCUT2D eigenvalue weighted by Gasteiger charge is -2.28. The number of esters is 1. The van der Waals surface area contributed by atoms with Crippen LogP contribution in [0.5, 0.6) is 0 Å². The predicted octanol–water partition coefficient (Wildman–Crippen LogP) is 1.12. The summed E-state index contributed by atoms with van der Waals surface area (Å²) in [4.78, 5) is 17.5. The molecule has 19 heavy (non-hydrogen) atoms. The molecule has 1 aliphatic heterocycles. The van der Waals surface area contributed by atoms with Gasteiger partial charge in [-0.15, -0.1) is 0 Å². The summed E-state index contributed by atoms with van der Waals surface area (Å²) in [5.74, 6) is -0.530. The van der Waals surface area contributed by atoms with Crippen molar-refractivity contribution in [3.63, 3.8) is 0 Å². The molecule has 2 rings (SSSR count). The van der Waals surface area contributed by atoms with Gasteiger partial charge in [0.05, 0.1) is 13.2 Å². The molecule has 0 spiro atoms. The van der Waals surface area contributed by atoms with Crippen molar-refractivity contribution >= 4 is 5.97 Å². The lowest BCUT2D eigenvalue weighted by molar-refractivity contribution is -0.236. The summed E-state index contributed by atoms with van der Waals surface area (Å²) in [5, 5.41) is 11.5. The predicted molar refractivity (Wildman–Crippen MR) is 69.0 cm³/mol. The highest BCUT2D eigenvalue weighted by Gasteiger charge is 2.51. The first-order chi connectivity index (χ1) is 9.08. The molecule has 1 heterocycles. The molecule has 0 aliphatic carbocycles. The van der Waals surface area contributed by atoms with E-state index < -0.39 is 17.7 Å². The Hall–Kier alpha value is -1.43. The lowest BCUT2D eigenvalue weighted by Crippen LogP contribution is -2.49. The Morgan fingerprint density at radius 1 is 1.53 bits per heavy atom. The third-order valence-corrected chi connectivity index (χ3v) is 3.43. The van der Waals surface area contributed by atoms with Gasteiger partial charge in [-0.3, -0.25) is 4.84 Å². The maximum atomic E-state index is 11.8. The zero-order chi connectivity index (χ0) is 13.9. The van der Waals surface area contributed by atoms with Crippen LogP contribution in [0.2, 0.25) is 0 Å². The Morgan fingerprint density at radius 3 is 2.79 bits per heavy atom. The molecule has 0 radical (unpaired) electrons. The first kappa shape index (κ1) is 14.0. The third kappa shape index (κ3) is 2.78. The Bertz CT molecular complexity index is 434. The third-order valence-electron chi connectivity index (χ3n) is 3.43. The number of carbonyl (C=O) groups excluding carboxylic acids is 1. The van der Waals surface area contributed by atoms with Crippen molar-refractivity contribution in [2.45, 2.75) is 31.6 Å². The molecule has 0 aromatic heterocycles. The largest absolute Gasteiger partial charge is 0.467 e. The van der Waals surface area contributed by atoms with Crippen molar-refractivity contribution < 1.29 is 19.5 Å². The molecule has 0 unspecified atom stereocenters. The number of rotatable bonds is 4. The van der Waals surface area contributed by atoms with Crippen LogP contribution in [0.4, 0.5) is 0 Å². The molecular formula is C14H19NO4. The van der Waals surface area contributed by atoms with E-state index in [1.165, 1.54) is 7.11 Å². The van der Waals surface area contributed by atoms with E-state index in [0.717, 1.165) is 5.56 Å². The van der Waals surface area contributed by atoms with Crippen LogP contribution in [-0.2, 0) is 20.9 Å². The minimum Gasteiger partial charge on any atom is -0.467 e. The number of nitrogens with zero attached hydrogens (tertiary/aromatic N) is 1. The molecule has 104 valence electrons. The second-order valence-electron chi connectivity index (χ2n) is 4.75. The van der Waals surface area contributed by atoms with E-state index in [-0.39, 0.29) is 0 Å². The summed E-state index contributed by atoms with van der Waals surface area (Å²) < 4.78 is 4.75. The summed E-state index contributed by atoms with van der Waals surface area (Å²) in [7, 11) is 1.30. The van der Waals surface area contributed by atoms with Crippen LogP contribution in [0.15, 0.2) is 30.3 Å². The van der Waals surface area contributed by atoms with Crippen molar-refractivity contribution in [2.75, 3.05) is 13.7 Å². The van der Waals surface area contributed by atoms with Gasteiger partial charge in [0.25, 0.3) is 0 Å². The molecule has 5 nitrogen and oxygen atoms in total. The summed E-state index contributed by atoms with van der Waals surface area (Å²) in [6.07, 6.45) is -0.495. The zero-order valence-corrected chi connectivity index (χ0v) is 11.2. The number of aliphatic hydroxyl groups excluding tert-OH is 1. The van der Waals surface area contributed by atoms with Crippen molar-refractivity contribution in [3.05, 3.63) is 35.9 Å². The molecule has 5 heteroatoms. The van der Waals surface area contributed by atoms with Crippen molar-refractivity contribution in [3.8, 4) is 0 Å². The Kier molecular flexibility index (Phi) is 4.19. The Labute approximate surface area is 112 Å².